The molecule has 130 valence electrons. The van der Waals surface area contributed by atoms with Crippen LogP contribution < -0.4 is 10.6 Å². The van der Waals surface area contributed by atoms with Crippen molar-refractivity contribution in [1.29, 1.82) is 0 Å². The molecule has 2 N–H and O–H groups in total. The lowest BCUT2D eigenvalue weighted by Gasteiger charge is -2.35. The third-order valence-corrected chi connectivity index (χ3v) is 4.97. The van der Waals surface area contributed by atoms with Crippen molar-refractivity contribution in [2.75, 3.05) is 37.6 Å². The first kappa shape index (κ1) is 19.3. The first-order valence-corrected chi connectivity index (χ1v) is 8.92. The molecule has 0 bridgehead atoms. The van der Waals surface area contributed by atoms with Crippen LogP contribution in [-0.4, -0.2) is 48.6 Å². The maximum Gasteiger partial charge on any atom is 0.191 e. The van der Waals surface area contributed by atoms with Crippen LogP contribution in [0.4, 0.5) is 5.13 Å². The average molecular weight is 478 g/mol. The number of anilines is 1. The molecule has 0 amide bonds. The smallest absolute Gasteiger partial charge is 0.191 e. The number of piperazine rings is 1. The van der Waals surface area contributed by atoms with Crippen molar-refractivity contribution in [2.24, 2.45) is 10.7 Å². The molecule has 5 nitrogen and oxygen atoms in total. The molecule has 0 saturated carbocycles. The highest BCUT2D eigenvalue weighted by Gasteiger charge is 2.19. The van der Waals surface area contributed by atoms with Crippen molar-refractivity contribution >= 4 is 58.0 Å². The average Bonchev–Trinajstić information content (AvgIpc) is 3.11. The van der Waals surface area contributed by atoms with Crippen molar-refractivity contribution in [3.63, 3.8) is 0 Å². The van der Waals surface area contributed by atoms with E-state index in [9.17, 15) is 0 Å². The van der Waals surface area contributed by atoms with Crippen LogP contribution in [-0.2, 0) is 6.42 Å². The fourth-order valence-corrected chi connectivity index (χ4v) is 3.37. The van der Waals surface area contributed by atoms with Crippen LogP contribution >= 0.6 is 46.9 Å². The van der Waals surface area contributed by atoms with Crippen LogP contribution in [0.2, 0.25) is 5.02 Å². The van der Waals surface area contributed by atoms with E-state index in [1.807, 2.05) is 35.8 Å². The summed E-state index contributed by atoms with van der Waals surface area (Å²) in [6.45, 7) is 4.33. The van der Waals surface area contributed by atoms with Crippen LogP contribution in [0.5, 0.6) is 0 Å². The van der Waals surface area contributed by atoms with Gasteiger partial charge in [0.25, 0.3) is 0 Å². The molecule has 0 aliphatic carbocycles. The molecule has 0 atom stereocenters. The fraction of sp³-hybridized carbons (Fsp3) is 0.375. The first-order chi connectivity index (χ1) is 11.2. The molecule has 1 aromatic heterocycles. The summed E-state index contributed by atoms with van der Waals surface area (Å²) in [6, 6.07) is 7.87. The van der Waals surface area contributed by atoms with E-state index in [0.29, 0.717) is 12.5 Å². The van der Waals surface area contributed by atoms with E-state index < -0.39 is 0 Å². The zero-order chi connectivity index (χ0) is 16.1. The molecule has 24 heavy (non-hydrogen) atoms. The number of guanidine groups is 1. The number of hydrogen-bond donors (Lipinski definition) is 1. The van der Waals surface area contributed by atoms with Crippen LogP contribution in [0.15, 0.2) is 40.8 Å². The lowest BCUT2D eigenvalue weighted by molar-refractivity contribution is 0.380. The lowest BCUT2D eigenvalue weighted by Crippen LogP contribution is -2.51. The van der Waals surface area contributed by atoms with Gasteiger partial charge in [-0.2, -0.15) is 0 Å². The van der Waals surface area contributed by atoms with Gasteiger partial charge in [-0.3, -0.25) is 4.99 Å². The van der Waals surface area contributed by atoms with Gasteiger partial charge >= 0.3 is 0 Å². The number of nitrogens with two attached hydrogens (primary N) is 1. The quantitative estimate of drug-likeness (QED) is 0.418. The maximum absolute atomic E-state index is 6.12. The Morgan fingerprint density at radius 3 is 2.54 bits per heavy atom. The van der Waals surface area contributed by atoms with Gasteiger partial charge in [0.05, 0.1) is 0 Å². The predicted molar refractivity (Wildman–Crippen MR) is 113 cm³/mol. The van der Waals surface area contributed by atoms with Crippen LogP contribution in [0.25, 0.3) is 0 Å². The van der Waals surface area contributed by atoms with E-state index >= 15 is 0 Å². The number of nitrogens with zero attached hydrogens (tertiary/aromatic N) is 4. The Morgan fingerprint density at radius 1 is 1.21 bits per heavy atom. The van der Waals surface area contributed by atoms with Gasteiger partial charge in [-0.15, -0.1) is 35.3 Å². The fourth-order valence-electron chi connectivity index (χ4n) is 2.55. The minimum Gasteiger partial charge on any atom is -0.370 e. The topological polar surface area (TPSA) is 57.8 Å². The zero-order valence-electron chi connectivity index (χ0n) is 13.3. The Kier molecular flexibility index (Phi) is 7.57. The summed E-state index contributed by atoms with van der Waals surface area (Å²) in [6.07, 6.45) is 2.72. The molecule has 8 heteroatoms. The normalized spacial score (nSPS) is 15.3. The number of benzene rings is 1. The number of aliphatic imine (C=N–C) groups is 1. The summed E-state index contributed by atoms with van der Waals surface area (Å²) in [7, 11) is 0. The standard InChI is InChI=1S/C16H20ClN5S.HI/c17-14-3-1-13(2-4-14)5-6-19-15(18)21-8-10-22(11-9-21)16-20-7-12-23-16;/h1-4,7,12H,5-6,8-11H2,(H2,18,19);1H. The van der Waals surface area contributed by atoms with Gasteiger partial charge in [-0.25, -0.2) is 4.98 Å². The lowest BCUT2D eigenvalue weighted by atomic mass is 10.1. The minimum absolute atomic E-state index is 0. The summed E-state index contributed by atoms with van der Waals surface area (Å²) in [4.78, 5) is 13.3. The largest absolute Gasteiger partial charge is 0.370 e. The Balaban J connectivity index is 0.00000208. The molecule has 1 aliphatic rings. The number of aromatic nitrogens is 1. The Bertz CT molecular complexity index is 639. The van der Waals surface area contributed by atoms with Crippen molar-refractivity contribution in [3.8, 4) is 0 Å². The summed E-state index contributed by atoms with van der Waals surface area (Å²) < 4.78 is 0. The molecule has 1 saturated heterocycles. The summed E-state index contributed by atoms with van der Waals surface area (Å²) in [5.74, 6) is 0.637. The second kappa shape index (κ2) is 9.43. The van der Waals surface area contributed by atoms with Gasteiger partial charge in [-0.1, -0.05) is 23.7 Å². The van der Waals surface area contributed by atoms with Crippen molar-refractivity contribution in [1.82, 2.24) is 9.88 Å². The number of halogens is 2. The molecular formula is C16H21ClIN5S. The Morgan fingerprint density at radius 2 is 1.92 bits per heavy atom. The second-order valence-electron chi connectivity index (χ2n) is 5.41. The third-order valence-electron chi connectivity index (χ3n) is 3.88. The van der Waals surface area contributed by atoms with E-state index in [4.69, 9.17) is 17.3 Å². The number of rotatable bonds is 4. The molecular weight excluding hydrogens is 457 g/mol. The van der Waals surface area contributed by atoms with E-state index in [1.54, 1.807) is 11.3 Å². The Hall–Kier alpha value is -1.06. The highest BCUT2D eigenvalue weighted by atomic mass is 127. The first-order valence-electron chi connectivity index (χ1n) is 7.66. The third kappa shape index (κ3) is 5.22. The minimum atomic E-state index is 0. The summed E-state index contributed by atoms with van der Waals surface area (Å²) >= 11 is 7.56. The van der Waals surface area contributed by atoms with E-state index in [-0.39, 0.29) is 24.0 Å². The summed E-state index contributed by atoms with van der Waals surface area (Å²) in [5, 5.41) is 3.85. The van der Waals surface area contributed by atoms with Gasteiger partial charge < -0.3 is 15.5 Å². The van der Waals surface area contributed by atoms with E-state index in [2.05, 4.69) is 19.8 Å². The van der Waals surface area contributed by atoms with Crippen molar-refractivity contribution in [2.45, 2.75) is 6.42 Å². The molecule has 0 unspecified atom stereocenters. The van der Waals surface area contributed by atoms with Crippen LogP contribution in [0.3, 0.4) is 0 Å². The maximum atomic E-state index is 6.12. The van der Waals surface area contributed by atoms with Gasteiger partial charge in [0.1, 0.15) is 0 Å². The highest BCUT2D eigenvalue weighted by molar-refractivity contribution is 14.0. The van der Waals surface area contributed by atoms with Gasteiger partial charge in [0.15, 0.2) is 11.1 Å². The molecule has 2 heterocycles. The van der Waals surface area contributed by atoms with Gasteiger partial charge in [0, 0.05) is 49.3 Å². The molecule has 1 aromatic carbocycles. The predicted octanol–water partition coefficient (Wildman–Crippen LogP) is 3.09. The molecule has 3 rings (SSSR count). The van der Waals surface area contributed by atoms with Crippen molar-refractivity contribution in [3.05, 3.63) is 46.4 Å². The van der Waals surface area contributed by atoms with Gasteiger partial charge in [-0.05, 0) is 24.1 Å². The monoisotopic (exact) mass is 477 g/mol. The van der Waals surface area contributed by atoms with E-state index in [1.165, 1.54) is 5.56 Å². The van der Waals surface area contributed by atoms with Crippen molar-refractivity contribution < 1.29 is 0 Å². The zero-order valence-corrected chi connectivity index (χ0v) is 17.2. The molecule has 1 aliphatic heterocycles. The SMILES string of the molecule is I.NC(=NCCc1ccc(Cl)cc1)N1CCN(c2nccs2)CC1. The summed E-state index contributed by atoms with van der Waals surface area (Å²) in [5.41, 5.74) is 7.35. The Labute approximate surface area is 168 Å². The second-order valence-corrected chi connectivity index (χ2v) is 6.71. The highest BCUT2D eigenvalue weighted by Crippen LogP contribution is 2.18. The van der Waals surface area contributed by atoms with Crippen LogP contribution in [0.1, 0.15) is 5.56 Å². The molecule has 0 radical (unpaired) electrons. The van der Waals surface area contributed by atoms with Gasteiger partial charge in [0.2, 0.25) is 0 Å². The number of hydrogen-bond acceptors (Lipinski definition) is 4. The molecule has 0 spiro atoms. The molecule has 2 aromatic rings. The van der Waals surface area contributed by atoms with Crippen LogP contribution in [0, 0.1) is 0 Å². The molecule has 1 fully saturated rings. The van der Waals surface area contributed by atoms with E-state index in [0.717, 1.165) is 42.8 Å². The number of thiazole rings is 1.